The molecule has 1 aliphatic rings. The van der Waals surface area contributed by atoms with Crippen LogP contribution in [0.15, 0.2) is 0 Å². The molecular weight excluding hydrogens is 100 g/mol. The number of aliphatic hydroxyl groups is 1. The Labute approximate surface area is 50.7 Å². The normalized spacial score (nSPS) is 47.6. The third kappa shape index (κ3) is 0.873. The molecule has 0 bridgehead atoms. The largest absolute Gasteiger partial charge is 0.393 e. The van der Waals surface area contributed by atoms with E-state index in [1.54, 1.807) is 0 Å². The minimum Gasteiger partial charge on any atom is -0.393 e. The molecule has 0 aromatic carbocycles. The van der Waals surface area contributed by atoms with E-state index in [-0.39, 0.29) is 6.10 Å². The van der Waals surface area contributed by atoms with Crippen LogP contribution in [-0.2, 0) is 0 Å². The second-order valence-electron chi connectivity index (χ2n) is 2.98. The van der Waals surface area contributed by atoms with E-state index < -0.39 is 0 Å². The molecule has 3 atom stereocenters. The molecule has 0 saturated heterocycles. The molecule has 0 spiro atoms. The highest BCUT2D eigenvalue weighted by Crippen LogP contribution is 2.30. The van der Waals surface area contributed by atoms with Gasteiger partial charge in [0.15, 0.2) is 0 Å². The van der Waals surface area contributed by atoms with Crippen molar-refractivity contribution in [2.24, 2.45) is 11.8 Å². The predicted octanol–water partition coefficient (Wildman–Crippen LogP) is 1.41. The van der Waals surface area contributed by atoms with Gasteiger partial charge in [-0.15, -0.1) is 0 Å². The van der Waals surface area contributed by atoms with Crippen LogP contribution in [0, 0.1) is 11.8 Å². The fourth-order valence-corrected chi connectivity index (χ4v) is 1.34. The molecule has 8 heavy (non-hydrogen) atoms. The lowest BCUT2D eigenvalue weighted by atomic mass is 10.00. The van der Waals surface area contributed by atoms with E-state index >= 15 is 0 Å². The van der Waals surface area contributed by atoms with E-state index in [9.17, 15) is 0 Å². The zero-order valence-corrected chi connectivity index (χ0v) is 5.59. The smallest absolute Gasteiger partial charge is 0.0568 e. The van der Waals surface area contributed by atoms with Crippen LogP contribution in [-0.4, -0.2) is 11.2 Å². The Morgan fingerprint density at radius 3 is 2.00 bits per heavy atom. The quantitative estimate of drug-likeness (QED) is 0.505. The van der Waals surface area contributed by atoms with Gasteiger partial charge in [-0.05, 0) is 24.7 Å². The van der Waals surface area contributed by atoms with Crippen molar-refractivity contribution in [3.63, 3.8) is 0 Å². The summed E-state index contributed by atoms with van der Waals surface area (Å²) in [5, 5.41) is 9.17. The fraction of sp³-hybridized carbons (Fsp3) is 1.00. The lowest BCUT2D eigenvalue weighted by Gasteiger charge is -2.10. The molecule has 1 heteroatoms. The van der Waals surface area contributed by atoms with Crippen molar-refractivity contribution in [3.8, 4) is 0 Å². The van der Waals surface area contributed by atoms with Gasteiger partial charge in [0.05, 0.1) is 6.10 Å². The number of rotatable bonds is 0. The zero-order valence-electron chi connectivity index (χ0n) is 5.59. The lowest BCUT2D eigenvalue weighted by Crippen LogP contribution is -2.12. The van der Waals surface area contributed by atoms with Gasteiger partial charge >= 0.3 is 0 Å². The Kier molecular flexibility index (Phi) is 1.57. The van der Waals surface area contributed by atoms with Gasteiger partial charge in [-0.25, -0.2) is 0 Å². The van der Waals surface area contributed by atoms with Crippen LogP contribution < -0.4 is 0 Å². The van der Waals surface area contributed by atoms with E-state index in [1.807, 2.05) is 0 Å². The molecule has 1 N–H and O–H groups in total. The summed E-state index contributed by atoms with van der Waals surface area (Å²) in [5.41, 5.74) is 0. The summed E-state index contributed by atoms with van der Waals surface area (Å²) < 4.78 is 0. The van der Waals surface area contributed by atoms with Crippen LogP contribution in [0.3, 0.4) is 0 Å². The van der Waals surface area contributed by atoms with E-state index in [0.717, 1.165) is 12.3 Å². The first kappa shape index (κ1) is 6.09. The van der Waals surface area contributed by atoms with Crippen molar-refractivity contribution >= 4 is 0 Å². The molecule has 0 unspecified atom stereocenters. The van der Waals surface area contributed by atoms with Crippen molar-refractivity contribution in [1.82, 2.24) is 0 Å². The standard InChI is InChI=1S/C7H14O/c1-5-3-4-7(8)6(5)2/h5-8H,3-4H2,1-2H3/t5-,6+,7+/m0/s1. The Balaban J connectivity index is 2.44. The molecule has 0 amide bonds. The molecule has 0 aliphatic heterocycles. The topological polar surface area (TPSA) is 20.2 Å². The molecule has 1 aliphatic carbocycles. The summed E-state index contributed by atoms with van der Waals surface area (Å²) in [6, 6.07) is 0. The van der Waals surface area contributed by atoms with Crippen molar-refractivity contribution in [3.05, 3.63) is 0 Å². The van der Waals surface area contributed by atoms with Crippen molar-refractivity contribution in [1.29, 1.82) is 0 Å². The van der Waals surface area contributed by atoms with Gasteiger partial charge in [-0.1, -0.05) is 13.8 Å². The monoisotopic (exact) mass is 114 g/mol. The molecule has 0 radical (unpaired) electrons. The molecule has 0 aromatic heterocycles. The number of hydrogen-bond donors (Lipinski definition) is 1. The molecule has 48 valence electrons. The third-order valence-corrected chi connectivity index (χ3v) is 2.42. The van der Waals surface area contributed by atoms with Crippen LogP contribution in [0.4, 0.5) is 0 Å². The van der Waals surface area contributed by atoms with Gasteiger partial charge in [-0.3, -0.25) is 0 Å². The third-order valence-electron chi connectivity index (χ3n) is 2.42. The minimum atomic E-state index is -0.00926. The van der Waals surface area contributed by atoms with E-state index in [2.05, 4.69) is 13.8 Å². The van der Waals surface area contributed by atoms with Gasteiger partial charge < -0.3 is 5.11 Å². The zero-order chi connectivity index (χ0) is 6.15. The molecular formula is C7H14O. The average molecular weight is 114 g/mol. The molecule has 1 rings (SSSR count). The SMILES string of the molecule is C[C@H]1[C@H](O)CC[C@@H]1C. The van der Waals surface area contributed by atoms with E-state index in [1.165, 1.54) is 6.42 Å². The summed E-state index contributed by atoms with van der Waals surface area (Å²) in [4.78, 5) is 0. The van der Waals surface area contributed by atoms with Gasteiger partial charge in [0.1, 0.15) is 0 Å². The van der Waals surface area contributed by atoms with Gasteiger partial charge in [0.2, 0.25) is 0 Å². The fourth-order valence-electron chi connectivity index (χ4n) is 1.34. The van der Waals surface area contributed by atoms with Crippen molar-refractivity contribution in [2.45, 2.75) is 32.8 Å². The Morgan fingerprint density at radius 2 is 1.88 bits per heavy atom. The second-order valence-corrected chi connectivity index (χ2v) is 2.98. The summed E-state index contributed by atoms with van der Waals surface area (Å²) in [5.74, 6) is 1.28. The van der Waals surface area contributed by atoms with Crippen molar-refractivity contribution < 1.29 is 5.11 Å². The lowest BCUT2D eigenvalue weighted by molar-refractivity contribution is 0.130. The van der Waals surface area contributed by atoms with Crippen LogP contribution >= 0.6 is 0 Å². The number of aliphatic hydroxyl groups excluding tert-OH is 1. The Hall–Kier alpha value is -0.0400. The summed E-state index contributed by atoms with van der Waals surface area (Å²) in [7, 11) is 0. The van der Waals surface area contributed by atoms with E-state index in [0.29, 0.717) is 5.92 Å². The first-order chi connectivity index (χ1) is 3.72. The van der Waals surface area contributed by atoms with Gasteiger partial charge in [-0.2, -0.15) is 0 Å². The summed E-state index contributed by atoms with van der Waals surface area (Å²) >= 11 is 0. The van der Waals surface area contributed by atoms with Crippen LogP contribution in [0.25, 0.3) is 0 Å². The van der Waals surface area contributed by atoms with Gasteiger partial charge in [0, 0.05) is 0 Å². The average Bonchev–Trinajstić information content (AvgIpc) is 1.98. The molecule has 0 aromatic rings. The van der Waals surface area contributed by atoms with Crippen LogP contribution in [0.5, 0.6) is 0 Å². The highest BCUT2D eigenvalue weighted by atomic mass is 16.3. The Morgan fingerprint density at radius 1 is 1.25 bits per heavy atom. The minimum absolute atomic E-state index is 0.00926. The summed E-state index contributed by atoms with van der Waals surface area (Å²) in [6.45, 7) is 4.34. The number of hydrogen-bond acceptors (Lipinski definition) is 1. The Bertz CT molecular complexity index is 70.5. The first-order valence-corrected chi connectivity index (χ1v) is 3.40. The van der Waals surface area contributed by atoms with Gasteiger partial charge in [0.25, 0.3) is 0 Å². The molecule has 1 nitrogen and oxygen atoms in total. The maximum atomic E-state index is 9.17. The summed E-state index contributed by atoms with van der Waals surface area (Å²) in [6.07, 6.45) is 2.22. The van der Waals surface area contributed by atoms with Crippen LogP contribution in [0.2, 0.25) is 0 Å². The molecule has 1 saturated carbocycles. The second kappa shape index (κ2) is 2.06. The van der Waals surface area contributed by atoms with Crippen molar-refractivity contribution in [2.75, 3.05) is 0 Å². The predicted molar refractivity (Wildman–Crippen MR) is 33.6 cm³/mol. The van der Waals surface area contributed by atoms with E-state index in [4.69, 9.17) is 5.11 Å². The highest BCUT2D eigenvalue weighted by Gasteiger charge is 2.27. The van der Waals surface area contributed by atoms with Crippen LogP contribution in [0.1, 0.15) is 26.7 Å². The maximum absolute atomic E-state index is 9.17. The maximum Gasteiger partial charge on any atom is 0.0568 e. The molecule has 1 fully saturated rings. The molecule has 0 heterocycles. The first-order valence-electron chi connectivity index (χ1n) is 3.40. The highest BCUT2D eigenvalue weighted by molar-refractivity contribution is 4.78.